The Balaban J connectivity index is 2.84. The van der Waals surface area contributed by atoms with Crippen molar-refractivity contribution in [3.8, 4) is 0 Å². The van der Waals surface area contributed by atoms with E-state index in [9.17, 15) is 0 Å². The van der Waals surface area contributed by atoms with Gasteiger partial charge in [-0.25, -0.2) is 0 Å². The quantitative estimate of drug-likeness (QED) is 0.792. The molecule has 0 bridgehead atoms. The Hall–Kier alpha value is -0.770. The molecule has 0 aromatic heterocycles. The van der Waals surface area contributed by atoms with Gasteiger partial charge in [-0.2, -0.15) is 0 Å². The summed E-state index contributed by atoms with van der Waals surface area (Å²) >= 11 is 6.45. The molecule has 0 heterocycles. The van der Waals surface area contributed by atoms with E-state index in [1.165, 1.54) is 5.56 Å². The number of likely N-dealkylation sites (N-methyl/N-ethyl adjacent to an activating group) is 1. The molecule has 3 nitrogen and oxygen atoms in total. The van der Waals surface area contributed by atoms with Crippen molar-refractivity contribution in [3.63, 3.8) is 0 Å². The fraction of sp³-hybridized carbons (Fsp3) is 0.625. The van der Waals surface area contributed by atoms with Gasteiger partial charge in [-0.05, 0) is 31.5 Å². The first-order chi connectivity index (χ1) is 9.49. The topological polar surface area (TPSA) is 24.5 Å². The minimum absolute atomic E-state index is 0.308. The third-order valence-corrected chi connectivity index (χ3v) is 3.62. The summed E-state index contributed by atoms with van der Waals surface area (Å²) in [6.07, 6.45) is 0. The van der Waals surface area contributed by atoms with Crippen molar-refractivity contribution in [3.05, 3.63) is 28.8 Å². The molecule has 0 saturated heterocycles. The summed E-state index contributed by atoms with van der Waals surface area (Å²) in [6, 6.07) is 7.08. The van der Waals surface area contributed by atoms with Crippen LogP contribution in [0.4, 0.5) is 5.69 Å². The SMILES string of the molecule is CCN(c1ccc(CNC(C)C)cc1Cl)C(C)COC. The first kappa shape index (κ1) is 17.3. The predicted octanol–water partition coefficient (Wildman–Crippen LogP) is 3.70. The number of halogens is 1. The lowest BCUT2D eigenvalue weighted by molar-refractivity contribution is 0.182. The maximum absolute atomic E-state index is 6.45. The molecule has 1 unspecified atom stereocenters. The Kier molecular flexibility index (Phi) is 7.35. The number of methoxy groups -OCH3 is 1. The Morgan fingerprint density at radius 3 is 2.50 bits per heavy atom. The molecule has 0 aliphatic heterocycles. The molecule has 0 radical (unpaired) electrons. The zero-order chi connectivity index (χ0) is 15.1. The molecule has 1 atom stereocenters. The van der Waals surface area contributed by atoms with Crippen molar-refractivity contribution in [2.24, 2.45) is 0 Å². The van der Waals surface area contributed by atoms with Crippen molar-refractivity contribution in [2.45, 2.75) is 46.3 Å². The molecule has 0 aliphatic carbocycles. The maximum atomic E-state index is 6.45. The Labute approximate surface area is 128 Å². The van der Waals surface area contributed by atoms with Crippen LogP contribution in [0.25, 0.3) is 0 Å². The number of hydrogen-bond acceptors (Lipinski definition) is 3. The predicted molar refractivity (Wildman–Crippen MR) is 87.8 cm³/mol. The lowest BCUT2D eigenvalue weighted by atomic mass is 10.1. The van der Waals surface area contributed by atoms with Gasteiger partial charge < -0.3 is 15.0 Å². The maximum Gasteiger partial charge on any atom is 0.0663 e. The van der Waals surface area contributed by atoms with Crippen molar-refractivity contribution in [1.29, 1.82) is 0 Å². The molecular formula is C16H27ClN2O. The van der Waals surface area contributed by atoms with Gasteiger partial charge in [0.2, 0.25) is 0 Å². The van der Waals surface area contributed by atoms with Gasteiger partial charge in [-0.1, -0.05) is 31.5 Å². The fourth-order valence-electron chi connectivity index (χ4n) is 2.27. The Bertz CT molecular complexity index is 409. The smallest absolute Gasteiger partial charge is 0.0663 e. The zero-order valence-electron chi connectivity index (χ0n) is 13.2. The summed E-state index contributed by atoms with van der Waals surface area (Å²) in [5, 5.41) is 4.21. The number of hydrogen-bond donors (Lipinski definition) is 1. The van der Waals surface area contributed by atoms with E-state index >= 15 is 0 Å². The van der Waals surface area contributed by atoms with Crippen molar-refractivity contribution < 1.29 is 4.74 Å². The monoisotopic (exact) mass is 298 g/mol. The van der Waals surface area contributed by atoms with Gasteiger partial charge >= 0.3 is 0 Å². The van der Waals surface area contributed by atoms with E-state index < -0.39 is 0 Å². The van der Waals surface area contributed by atoms with Crippen LogP contribution >= 0.6 is 11.6 Å². The summed E-state index contributed by atoms with van der Waals surface area (Å²) in [6.45, 7) is 11.0. The minimum Gasteiger partial charge on any atom is -0.383 e. The van der Waals surface area contributed by atoms with Gasteiger partial charge in [0, 0.05) is 32.3 Å². The van der Waals surface area contributed by atoms with Gasteiger partial charge in [-0.3, -0.25) is 0 Å². The summed E-state index contributed by atoms with van der Waals surface area (Å²) in [7, 11) is 1.73. The minimum atomic E-state index is 0.308. The largest absolute Gasteiger partial charge is 0.383 e. The summed E-state index contributed by atoms with van der Waals surface area (Å²) in [5.41, 5.74) is 2.29. The Morgan fingerprint density at radius 1 is 1.30 bits per heavy atom. The molecule has 20 heavy (non-hydrogen) atoms. The van der Waals surface area contributed by atoms with Crippen molar-refractivity contribution >= 4 is 17.3 Å². The van der Waals surface area contributed by atoms with E-state index in [1.807, 2.05) is 0 Å². The van der Waals surface area contributed by atoms with Gasteiger partial charge in [0.15, 0.2) is 0 Å². The third-order valence-electron chi connectivity index (χ3n) is 3.32. The number of nitrogens with one attached hydrogen (secondary N) is 1. The highest BCUT2D eigenvalue weighted by Gasteiger charge is 2.15. The van der Waals surface area contributed by atoms with Crippen LogP contribution in [-0.4, -0.2) is 32.3 Å². The van der Waals surface area contributed by atoms with Crippen LogP contribution in [-0.2, 0) is 11.3 Å². The summed E-state index contributed by atoms with van der Waals surface area (Å²) in [5.74, 6) is 0. The lowest BCUT2D eigenvalue weighted by Crippen LogP contribution is -2.36. The van der Waals surface area contributed by atoms with Crippen LogP contribution in [0.3, 0.4) is 0 Å². The first-order valence-corrected chi connectivity index (χ1v) is 7.64. The lowest BCUT2D eigenvalue weighted by Gasteiger charge is -2.30. The third kappa shape index (κ3) is 4.97. The normalized spacial score (nSPS) is 12.8. The average molecular weight is 299 g/mol. The molecule has 0 spiro atoms. The summed E-state index contributed by atoms with van der Waals surface area (Å²) in [4.78, 5) is 2.27. The van der Waals surface area contributed by atoms with E-state index in [1.54, 1.807) is 7.11 Å². The number of benzene rings is 1. The second kappa shape index (κ2) is 8.50. The van der Waals surface area contributed by atoms with E-state index in [0.29, 0.717) is 18.7 Å². The molecule has 1 aromatic carbocycles. The van der Waals surface area contributed by atoms with Crippen LogP contribution in [0.1, 0.15) is 33.3 Å². The van der Waals surface area contributed by atoms with E-state index in [-0.39, 0.29) is 0 Å². The number of rotatable bonds is 8. The molecule has 0 saturated carbocycles. The van der Waals surface area contributed by atoms with Crippen LogP contribution in [0.5, 0.6) is 0 Å². The second-order valence-corrected chi connectivity index (χ2v) is 5.82. The summed E-state index contributed by atoms with van der Waals surface area (Å²) < 4.78 is 5.24. The molecule has 1 aromatic rings. The molecule has 0 amide bonds. The average Bonchev–Trinajstić information content (AvgIpc) is 2.39. The van der Waals surface area contributed by atoms with Crippen LogP contribution in [0.15, 0.2) is 18.2 Å². The van der Waals surface area contributed by atoms with Gasteiger partial charge in [-0.15, -0.1) is 0 Å². The second-order valence-electron chi connectivity index (χ2n) is 5.41. The molecule has 1 rings (SSSR count). The molecular weight excluding hydrogens is 272 g/mol. The number of nitrogens with zero attached hydrogens (tertiary/aromatic N) is 1. The van der Waals surface area contributed by atoms with Crippen LogP contribution in [0.2, 0.25) is 5.02 Å². The molecule has 1 N–H and O–H groups in total. The zero-order valence-corrected chi connectivity index (χ0v) is 14.0. The Morgan fingerprint density at radius 2 is 2.00 bits per heavy atom. The molecule has 4 heteroatoms. The van der Waals surface area contributed by atoms with Gasteiger partial charge in [0.05, 0.1) is 17.3 Å². The van der Waals surface area contributed by atoms with Crippen LogP contribution in [0, 0.1) is 0 Å². The van der Waals surface area contributed by atoms with Crippen molar-refractivity contribution in [1.82, 2.24) is 5.32 Å². The number of ether oxygens (including phenoxy) is 1. The fourth-order valence-corrected chi connectivity index (χ4v) is 2.58. The highest BCUT2D eigenvalue weighted by Crippen LogP contribution is 2.28. The standard InChI is InChI=1S/C16H27ClN2O/c1-6-19(13(4)11-20-5)16-8-7-14(9-15(16)17)10-18-12(2)3/h7-9,12-13,18H,6,10-11H2,1-5H3. The van der Waals surface area contributed by atoms with E-state index in [2.05, 4.69) is 56.1 Å². The van der Waals surface area contributed by atoms with E-state index in [0.717, 1.165) is 23.8 Å². The van der Waals surface area contributed by atoms with Crippen LogP contribution < -0.4 is 10.2 Å². The van der Waals surface area contributed by atoms with E-state index in [4.69, 9.17) is 16.3 Å². The first-order valence-electron chi connectivity index (χ1n) is 7.27. The molecule has 0 aliphatic rings. The highest BCUT2D eigenvalue weighted by atomic mass is 35.5. The number of anilines is 1. The highest BCUT2D eigenvalue weighted by molar-refractivity contribution is 6.33. The molecule has 0 fully saturated rings. The van der Waals surface area contributed by atoms with Crippen molar-refractivity contribution in [2.75, 3.05) is 25.2 Å². The van der Waals surface area contributed by atoms with Gasteiger partial charge in [0.1, 0.15) is 0 Å². The molecule has 114 valence electrons. The van der Waals surface area contributed by atoms with Gasteiger partial charge in [0.25, 0.3) is 0 Å².